The summed E-state index contributed by atoms with van der Waals surface area (Å²) in [6, 6.07) is 0. The lowest BCUT2D eigenvalue weighted by atomic mass is 10.1. The summed E-state index contributed by atoms with van der Waals surface area (Å²) >= 11 is 0. The van der Waals surface area contributed by atoms with Gasteiger partial charge in [-0.3, -0.25) is 14.3 Å². The summed E-state index contributed by atoms with van der Waals surface area (Å²) in [6.07, 6.45) is 0.589. The summed E-state index contributed by atoms with van der Waals surface area (Å²) in [5, 5.41) is 9.56. The van der Waals surface area contributed by atoms with E-state index in [1.54, 1.807) is 6.92 Å². The summed E-state index contributed by atoms with van der Waals surface area (Å²) in [4.78, 5) is 26.3. The Kier molecular flexibility index (Phi) is 5.24. The zero-order valence-electron chi connectivity index (χ0n) is 15.2. The number of nitrogens with one attached hydrogen (secondary N) is 1. The number of aliphatic hydroxyl groups is 1. The second kappa shape index (κ2) is 6.59. The van der Waals surface area contributed by atoms with Gasteiger partial charge in [-0.2, -0.15) is 0 Å². The Morgan fingerprint density at radius 2 is 2.08 bits per heavy atom. The van der Waals surface area contributed by atoms with Gasteiger partial charge in [0.05, 0.1) is 18.3 Å². The molecule has 135 valence electrons. The quantitative estimate of drug-likeness (QED) is 0.778. The summed E-state index contributed by atoms with van der Waals surface area (Å²) in [5.41, 5.74) is -0.823. The number of ether oxygens (including phenoxy) is 2. The smallest absolute Gasteiger partial charge is 0.330 e. The molecule has 1 aromatic heterocycles. The predicted molar refractivity (Wildman–Crippen MR) is 92.7 cm³/mol. The molecular formula is C16H27N2O5Si. The Balaban J connectivity index is 2.39. The molecular weight excluding hydrogens is 328 g/mol. The van der Waals surface area contributed by atoms with Crippen molar-refractivity contribution >= 4 is 8.80 Å². The number of aliphatic hydroxyl groups excluding tert-OH is 1. The minimum absolute atomic E-state index is 0.249. The van der Waals surface area contributed by atoms with E-state index in [1.165, 1.54) is 10.8 Å². The van der Waals surface area contributed by atoms with Crippen LogP contribution in [0, 0.1) is 6.92 Å². The van der Waals surface area contributed by atoms with Gasteiger partial charge in [0.25, 0.3) is 5.56 Å². The molecule has 1 fully saturated rings. The van der Waals surface area contributed by atoms with Crippen molar-refractivity contribution in [1.29, 1.82) is 0 Å². The standard InChI is InChI=1S/C16H27N2O5Si/c1-10-8-18(14(21)17-13(10)20)16(24(5)6)7-11(19)12(23-16)9-22-15(2,3)4/h8,11-12,19H,7,9H2,1-6H3,(H,17,20,21)/t11-,12+,16-/m0/s1. The maximum absolute atomic E-state index is 12.4. The molecule has 24 heavy (non-hydrogen) atoms. The average molecular weight is 355 g/mol. The molecule has 1 saturated heterocycles. The van der Waals surface area contributed by atoms with Gasteiger partial charge in [0, 0.05) is 18.2 Å². The first-order valence-electron chi connectivity index (χ1n) is 8.10. The van der Waals surface area contributed by atoms with Gasteiger partial charge in [-0.05, 0) is 27.7 Å². The lowest BCUT2D eigenvalue weighted by Gasteiger charge is -2.34. The first-order chi connectivity index (χ1) is 11.0. The Hall–Kier alpha value is -1.22. The highest BCUT2D eigenvalue weighted by Gasteiger charge is 2.50. The van der Waals surface area contributed by atoms with E-state index in [2.05, 4.69) is 4.98 Å². The third-order valence-electron chi connectivity index (χ3n) is 4.23. The van der Waals surface area contributed by atoms with Crippen molar-refractivity contribution in [2.45, 2.75) is 70.4 Å². The molecule has 0 spiro atoms. The lowest BCUT2D eigenvalue weighted by Crippen LogP contribution is -2.52. The van der Waals surface area contributed by atoms with Gasteiger partial charge in [-0.25, -0.2) is 4.79 Å². The van der Waals surface area contributed by atoms with E-state index in [1.807, 2.05) is 33.9 Å². The second-order valence-electron chi connectivity index (χ2n) is 7.58. The molecule has 1 aliphatic rings. The van der Waals surface area contributed by atoms with Crippen LogP contribution in [-0.2, 0) is 14.8 Å². The summed E-state index contributed by atoms with van der Waals surface area (Å²) in [5.74, 6) is 0. The van der Waals surface area contributed by atoms with Gasteiger partial charge in [-0.1, -0.05) is 13.1 Å². The van der Waals surface area contributed by atoms with E-state index in [0.717, 1.165) is 0 Å². The fourth-order valence-electron chi connectivity index (χ4n) is 2.82. The molecule has 8 heteroatoms. The van der Waals surface area contributed by atoms with Crippen molar-refractivity contribution in [1.82, 2.24) is 9.55 Å². The van der Waals surface area contributed by atoms with Crippen LogP contribution in [0.1, 0.15) is 32.8 Å². The van der Waals surface area contributed by atoms with Gasteiger partial charge in [0.15, 0.2) is 0 Å². The molecule has 0 saturated carbocycles. The molecule has 2 rings (SSSR count). The van der Waals surface area contributed by atoms with Crippen LogP contribution in [-0.4, -0.2) is 47.9 Å². The summed E-state index contributed by atoms with van der Waals surface area (Å²) < 4.78 is 13.4. The maximum Gasteiger partial charge on any atom is 0.330 e. The van der Waals surface area contributed by atoms with Crippen molar-refractivity contribution in [2.24, 2.45) is 0 Å². The van der Waals surface area contributed by atoms with Crippen molar-refractivity contribution in [3.8, 4) is 0 Å². The molecule has 2 heterocycles. The normalized spacial score (nSPS) is 27.8. The van der Waals surface area contributed by atoms with Crippen LogP contribution in [0.15, 0.2) is 15.8 Å². The fourth-order valence-corrected chi connectivity index (χ4v) is 4.47. The summed E-state index contributed by atoms with van der Waals surface area (Å²) in [6.45, 7) is 11.8. The highest BCUT2D eigenvalue weighted by atomic mass is 28.3. The Labute approximate surface area is 143 Å². The highest BCUT2D eigenvalue weighted by Crippen LogP contribution is 2.37. The van der Waals surface area contributed by atoms with Crippen LogP contribution in [0.25, 0.3) is 0 Å². The van der Waals surface area contributed by atoms with Crippen LogP contribution < -0.4 is 11.2 Å². The van der Waals surface area contributed by atoms with Crippen LogP contribution in [0.2, 0.25) is 13.1 Å². The molecule has 7 nitrogen and oxygen atoms in total. The van der Waals surface area contributed by atoms with E-state index in [4.69, 9.17) is 9.47 Å². The largest absolute Gasteiger partial charge is 0.390 e. The Morgan fingerprint density at radius 3 is 2.62 bits per heavy atom. The first-order valence-corrected chi connectivity index (χ1v) is 10.6. The molecule has 3 atom stereocenters. The number of aromatic nitrogens is 2. The minimum Gasteiger partial charge on any atom is -0.390 e. The molecule has 1 aliphatic heterocycles. The number of nitrogens with zero attached hydrogens (tertiary/aromatic N) is 1. The average Bonchev–Trinajstić information content (AvgIpc) is 2.78. The van der Waals surface area contributed by atoms with Gasteiger partial charge in [0.2, 0.25) is 0 Å². The molecule has 1 aromatic rings. The highest BCUT2D eigenvalue weighted by molar-refractivity contribution is 6.58. The third kappa shape index (κ3) is 3.71. The first kappa shape index (κ1) is 19.1. The molecule has 0 bridgehead atoms. The SMILES string of the molecule is Cc1cn([C@@]2([Si](C)C)C[C@H](O)[C@@H](COC(C)(C)C)O2)c(=O)[nH]c1=O. The molecule has 0 aromatic carbocycles. The number of aromatic amines is 1. The fraction of sp³-hybridized carbons (Fsp3) is 0.750. The molecule has 0 unspecified atom stereocenters. The van der Waals surface area contributed by atoms with Gasteiger partial charge < -0.3 is 14.6 Å². The van der Waals surface area contributed by atoms with Crippen molar-refractivity contribution in [2.75, 3.05) is 6.61 Å². The lowest BCUT2D eigenvalue weighted by molar-refractivity contribution is -0.114. The minimum atomic E-state index is -1.19. The van der Waals surface area contributed by atoms with E-state index < -0.39 is 37.6 Å². The van der Waals surface area contributed by atoms with Gasteiger partial charge >= 0.3 is 5.69 Å². The molecule has 1 radical (unpaired) electrons. The Morgan fingerprint density at radius 1 is 1.46 bits per heavy atom. The number of aryl methyl sites for hydroxylation is 1. The van der Waals surface area contributed by atoms with E-state index in [0.29, 0.717) is 12.0 Å². The Bertz CT molecular complexity index is 706. The zero-order valence-corrected chi connectivity index (χ0v) is 16.2. The van der Waals surface area contributed by atoms with E-state index >= 15 is 0 Å². The van der Waals surface area contributed by atoms with Gasteiger partial charge in [-0.15, -0.1) is 0 Å². The van der Waals surface area contributed by atoms with Crippen LogP contribution in [0.4, 0.5) is 0 Å². The molecule has 0 aliphatic carbocycles. The number of H-pyrrole nitrogens is 1. The van der Waals surface area contributed by atoms with Crippen molar-refractivity contribution in [3.05, 3.63) is 32.6 Å². The second-order valence-corrected chi connectivity index (χ2v) is 10.4. The van der Waals surface area contributed by atoms with E-state index in [9.17, 15) is 14.7 Å². The number of hydrogen-bond donors (Lipinski definition) is 2. The number of hydrogen-bond acceptors (Lipinski definition) is 5. The topological polar surface area (TPSA) is 93.6 Å². The third-order valence-corrected chi connectivity index (χ3v) is 6.36. The van der Waals surface area contributed by atoms with Crippen molar-refractivity contribution in [3.63, 3.8) is 0 Å². The maximum atomic E-state index is 12.4. The van der Waals surface area contributed by atoms with Crippen LogP contribution >= 0.6 is 0 Å². The summed E-state index contributed by atoms with van der Waals surface area (Å²) in [7, 11) is -1.19. The van der Waals surface area contributed by atoms with E-state index in [-0.39, 0.29) is 12.2 Å². The van der Waals surface area contributed by atoms with Crippen molar-refractivity contribution < 1.29 is 14.6 Å². The predicted octanol–water partition coefficient (Wildman–Crippen LogP) is 0.756. The van der Waals surface area contributed by atoms with Gasteiger partial charge in [0.1, 0.15) is 20.2 Å². The monoisotopic (exact) mass is 355 g/mol. The van der Waals surface area contributed by atoms with Crippen LogP contribution in [0.3, 0.4) is 0 Å². The number of rotatable bonds is 4. The van der Waals surface area contributed by atoms with Crippen LogP contribution in [0.5, 0.6) is 0 Å². The zero-order chi connectivity index (χ0) is 18.3. The molecule has 0 amide bonds. The molecule has 2 N–H and O–H groups in total.